The maximum absolute atomic E-state index is 9.69. The Kier molecular flexibility index (Phi) is 3.32. The average molecular weight is 300 g/mol. The normalized spacial score (nSPS) is 35.7. The van der Waals surface area contributed by atoms with E-state index in [1.807, 2.05) is 19.1 Å². The van der Waals surface area contributed by atoms with E-state index < -0.39 is 7.12 Å². The monoisotopic (exact) mass is 300 g/mol. The lowest BCUT2D eigenvalue weighted by atomic mass is 9.47. The molecule has 0 unspecified atom stereocenters. The zero-order valence-electron chi connectivity index (χ0n) is 13.5. The Morgan fingerprint density at radius 1 is 1.05 bits per heavy atom. The van der Waals surface area contributed by atoms with Crippen LogP contribution in [0.25, 0.3) is 0 Å². The van der Waals surface area contributed by atoms with Gasteiger partial charge in [-0.1, -0.05) is 6.07 Å². The number of aryl methyl sites for hydroxylation is 1. The van der Waals surface area contributed by atoms with Crippen LogP contribution < -0.4 is 10.2 Å². The van der Waals surface area contributed by atoms with E-state index in [2.05, 4.69) is 0 Å². The quantitative estimate of drug-likeness (QED) is 0.841. The summed E-state index contributed by atoms with van der Waals surface area (Å²) >= 11 is 0. The molecule has 0 aromatic heterocycles. The molecule has 0 amide bonds. The van der Waals surface area contributed by atoms with Gasteiger partial charge in [-0.05, 0) is 91.3 Å². The van der Waals surface area contributed by atoms with Gasteiger partial charge in [-0.2, -0.15) is 0 Å². The second kappa shape index (κ2) is 5.00. The Balaban J connectivity index is 1.83. The number of hydrogen-bond acceptors (Lipinski definition) is 3. The Hall–Kier alpha value is -0.995. The van der Waals surface area contributed by atoms with Crippen LogP contribution in [-0.4, -0.2) is 24.3 Å². The molecule has 0 aliphatic heterocycles. The van der Waals surface area contributed by atoms with Gasteiger partial charge < -0.3 is 14.8 Å². The van der Waals surface area contributed by atoms with Gasteiger partial charge in [-0.25, -0.2) is 0 Å². The SMILES string of the molecule is COc1cc(C)c(B(O)O)cc1C12CC3CC(CC(C3)C1)C2. The van der Waals surface area contributed by atoms with Gasteiger partial charge in [0, 0.05) is 0 Å². The summed E-state index contributed by atoms with van der Waals surface area (Å²) in [6.07, 6.45) is 7.97. The van der Waals surface area contributed by atoms with Crippen molar-refractivity contribution in [3.8, 4) is 5.75 Å². The Morgan fingerprint density at radius 2 is 1.59 bits per heavy atom. The van der Waals surface area contributed by atoms with Crippen LogP contribution >= 0.6 is 0 Å². The van der Waals surface area contributed by atoms with Crippen molar-refractivity contribution < 1.29 is 14.8 Å². The second-order valence-electron chi connectivity index (χ2n) is 7.98. The van der Waals surface area contributed by atoms with Crippen molar-refractivity contribution in [3.05, 3.63) is 23.3 Å². The van der Waals surface area contributed by atoms with Crippen molar-refractivity contribution in [2.75, 3.05) is 7.11 Å². The van der Waals surface area contributed by atoms with Gasteiger partial charge in [0.15, 0.2) is 0 Å². The van der Waals surface area contributed by atoms with E-state index in [0.29, 0.717) is 5.46 Å². The highest BCUT2D eigenvalue weighted by molar-refractivity contribution is 6.59. The third-order valence-corrected chi connectivity index (χ3v) is 6.48. The van der Waals surface area contributed by atoms with Gasteiger partial charge in [-0.3, -0.25) is 0 Å². The van der Waals surface area contributed by atoms with E-state index >= 15 is 0 Å². The predicted molar refractivity (Wildman–Crippen MR) is 87.4 cm³/mol. The molecule has 1 aromatic rings. The lowest BCUT2D eigenvalue weighted by molar-refractivity contribution is -0.00612. The van der Waals surface area contributed by atoms with Crippen LogP contribution in [0.15, 0.2) is 12.1 Å². The fourth-order valence-corrected chi connectivity index (χ4v) is 6.00. The molecular formula is C18H25BO3. The molecule has 2 N–H and O–H groups in total. The number of rotatable bonds is 3. The predicted octanol–water partition coefficient (Wildman–Crippen LogP) is 2.15. The minimum atomic E-state index is -1.40. The first-order chi connectivity index (χ1) is 10.5. The van der Waals surface area contributed by atoms with Crippen molar-refractivity contribution in [1.82, 2.24) is 0 Å². The third kappa shape index (κ3) is 2.11. The van der Waals surface area contributed by atoms with E-state index in [4.69, 9.17) is 4.74 Å². The summed E-state index contributed by atoms with van der Waals surface area (Å²) in [5.41, 5.74) is 2.95. The minimum absolute atomic E-state index is 0.206. The molecule has 0 spiro atoms. The van der Waals surface area contributed by atoms with Gasteiger partial charge >= 0.3 is 7.12 Å². The minimum Gasteiger partial charge on any atom is -0.496 e. The number of ether oxygens (including phenoxy) is 1. The fourth-order valence-electron chi connectivity index (χ4n) is 6.00. The molecule has 0 saturated heterocycles. The maximum Gasteiger partial charge on any atom is 0.488 e. The van der Waals surface area contributed by atoms with E-state index in [1.54, 1.807) is 7.11 Å². The van der Waals surface area contributed by atoms with Gasteiger partial charge in [0.2, 0.25) is 0 Å². The molecule has 4 heteroatoms. The second-order valence-corrected chi connectivity index (χ2v) is 7.98. The molecule has 0 radical (unpaired) electrons. The lowest BCUT2D eigenvalue weighted by Crippen LogP contribution is -2.49. The summed E-state index contributed by atoms with van der Waals surface area (Å²) in [5.74, 6) is 3.52. The molecular weight excluding hydrogens is 275 g/mol. The molecule has 4 fully saturated rings. The molecule has 4 saturated carbocycles. The van der Waals surface area contributed by atoms with Gasteiger partial charge in [0.05, 0.1) is 7.11 Å². The highest BCUT2D eigenvalue weighted by Gasteiger charge is 2.52. The smallest absolute Gasteiger partial charge is 0.488 e. The van der Waals surface area contributed by atoms with Crippen LogP contribution in [0, 0.1) is 24.7 Å². The first-order valence-electron chi connectivity index (χ1n) is 8.56. The molecule has 4 aliphatic carbocycles. The standard InChI is InChI=1S/C18H25BO3/c1-11-3-17(22-2)15(7-16(11)19(20)21)18-8-12-4-13(9-18)6-14(5-12)10-18/h3,7,12-14,20-21H,4-6,8-10H2,1-2H3. The van der Waals surface area contributed by atoms with Gasteiger partial charge in [0.25, 0.3) is 0 Å². The van der Waals surface area contributed by atoms with Crippen molar-refractivity contribution in [3.63, 3.8) is 0 Å². The van der Waals surface area contributed by atoms with Crippen LogP contribution in [0.2, 0.25) is 0 Å². The molecule has 4 aliphatic rings. The van der Waals surface area contributed by atoms with Crippen LogP contribution in [0.1, 0.15) is 49.7 Å². The number of hydrogen-bond donors (Lipinski definition) is 2. The molecule has 1 aromatic carbocycles. The van der Waals surface area contributed by atoms with E-state index in [1.165, 1.54) is 44.1 Å². The van der Waals surface area contributed by atoms with Crippen LogP contribution in [0.4, 0.5) is 0 Å². The molecule has 0 atom stereocenters. The summed E-state index contributed by atoms with van der Waals surface area (Å²) < 4.78 is 5.69. The fraction of sp³-hybridized carbons (Fsp3) is 0.667. The van der Waals surface area contributed by atoms with Crippen LogP contribution in [0.5, 0.6) is 5.75 Å². The van der Waals surface area contributed by atoms with Crippen molar-refractivity contribution >= 4 is 12.6 Å². The number of benzene rings is 1. The maximum atomic E-state index is 9.69. The first kappa shape index (κ1) is 14.6. The molecule has 5 rings (SSSR count). The number of methoxy groups -OCH3 is 1. The summed E-state index contributed by atoms with van der Waals surface area (Å²) in [6, 6.07) is 4.01. The Labute approximate surface area is 132 Å². The van der Waals surface area contributed by atoms with E-state index in [-0.39, 0.29) is 5.41 Å². The topological polar surface area (TPSA) is 49.7 Å². The van der Waals surface area contributed by atoms with Crippen molar-refractivity contribution in [2.24, 2.45) is 17.8 Å². The summed E-state index contributed by atoms with van der Waals surface area (Å²) in [7, 11) is 0.326. The first-order valence-corrected chi connectivity index (χ1v) is 8.56. The van der Waals surface area contributed by atoms with Gasteiger partial charge in [-0.15, -0.1) is 0 Å². The van der Waals surface area contributed by atoms with Crippen LogP contribution in [0.3, 0.4) is 0 Å². The molecule has 4 bridgehead atoms. The molecule has 22 heavy (non-hydrogen) atoms. The van der Waals surface area contributed by atoms with E-state index in [9.17, 15) is 10.0 Å². The van der Waals surface area contributed by atoms with Crippen molar-refractivity contribution in [2.45, 2.75) is 50.9 Å². The zero-order chi connectivity index (χ0) is 15.5. The van der Waals surface area contributed by atoms with E-state index in [0.717, 1.165) is 29.1 Å². The lowest BCUT2D eigenvalue weighted by Gasteiger charge is -2.57. The molecule has 3 nitrogen and oxygen atoms in total. The highest BCUT2D eigenvalue weighted by atomic mass is 16.5. The van der Waals surface area contributed by atoms with Crippen molar-refractivity contribution in [1.29, 1.82) is 0 Å². The summed E-state index contributed by atoms with van der Waals surface area (Å²) in [6.45, 7) is 1.92. The Bertz CT molecular complexity index is 561. The highest BCUT2D eigenvalue weighted by Crippen LogP contribution is 2.61. The molecule has 118 valence electrons. The van der Waals surface area contributed by atoms with Gasteiger partial charge in [0.1, 0.15) is 5.75 Å². The zero-order valence-corrected chi connectivity index (χ0v) is 13.5. The largest absolute Gasteiger partial charge is 0.496 e. The summed E-state index contributed by atoms with van der Waals surface area (Å²) in [5, 5.41) is 19.4. The molecule has 0 heterocycles. The summed E-state index contributed by atoms with van der Waals surface area (Å²) in [4.78, 5) is 0. The Morgan fingerprint density at radius 3 is 2.05 bits per heavy atom. The third-order valence-electron chi connectivity index (χ3n) is 6.48. The average Bonchev–Trinajstić information content (AvgIpc) is 2.44. The van der Waals surface area contributed by atoms with Crippen LogP contribution in [-0.2, 0) is 5.41 Å².